The first kappa shape index (κ1) is 13.6. The zero-order valence-corrected chi connectivity index (χ0v) is 11.1. The molecule has 0 unspecified atom stereocenters. The molecule has 0 radical (unpaired) electrons. The molecule has 0 amide bonds. The number of nitro groups is 1. The molecular weight excluding hydrogens is 251 g/mol. The van der Waals surface area contributed by atoms with E-state index in [1.807, 2.05) is 0 Å². The molecular formula is C13H17FN2O3. The predicted molar refractivity (Wildman–Crippen MR) is 70.2 cm³/mol. The number of ether oxygens (including phenoxy) is 1. The van der Waals surface area contributed by atoms with Gasteiger partial charge in [-0.15, -0.1) is 0 Å². The third-order valence-electron chi connectivity index (χ3n) is 3.43. The maximum Gasteiger partial charge on any atom is 0.295 e. The van der Waals surface area contributed by atoms with Crippen LogP contribution in [-0.4, -0.2) is 25.6 Å². The van der Waals surface area contributed by atoms with E-state index in [1.54, 1.807) is 11.9 Å². The van der Waals surface area contributed by atoms with E-state index in [2.05, 4.69) is 0 Å². The normalized spacial score (nSPS) is 14.3. The number of nitrogens with zero attached hydrogens (tertiary/aromatic N) is 2. The lowest BCUT2D eigenvalue weighted by molar-refractivity contribution is -0.384. The molecule has 6 heteroatoms. The molecule has 0 spiro atoms. The molecule has 1 aliphatic rings. The molecule has 2 rings (SSSR count). The van der Waals surface area contributed by atoms with Gasteiger partial charge in [0, 0.05) is 19.7 Å². The number of benzene rings is 1. The van der Waals surface area contributed by atoms with Crippen LogP contribution in [0.1, 0.15) is 19.3 Å². The van der Waals surface area contributed by atoms with Crippen LogP contribution in [0, 0.1) is 21.8 Å². The molecule has 0 N–H and O–H groups in total. The summed E-state index contributed by atoms with van der Waals surface area (Å²) in [7, 11) is 3.13. The van der Waals surface area contributed by atoms with Gasteiger partial charge in [0.15, 0.2) is 11.6 Å². The Morgan fingerprint density at radius 1 is 1.53 bits per heavy atom. The first-order valence-electron chi connectivity index (χ1n) is 6.26. The van der Waals surface area contributed by atoms with Crippen LogP contribution >= 0.6 is 0 Å². The summed E-state index contributed by atoms with van der Waals surface area (Å²) < 4.78 is 18.4. The quantitative estimate of drug-likeness (QED) is 0.588. The van der Waals surface area contributed by atoms with E-state index in [-0.39, 0.29) is 11.4 Å². The highest BCUT2D eigenvalue weighted by atomic mass is 19.1. The van der Waals surface area contributed by atoms with Crippen LogP contribution in [0.25, 0.3) is 0 Å². The number of rotatable bonds is 6. The Hall–Kier alpha value is -1.85. The minimum absolute atomic E-state index is 0.0267. The van der Waals surface area contributed by atoms with Crippen molar-refractivity contribution in [1.29, 1.82) is 0 Å². The molecule has 0 aromatic heterocycles. The van der Waals surface area contributed by atoms with Crippen molar-refractivity contribution in [2.45, 2.75) is 19.3 Å². The van der Waals surface area contributed by atoms with Gasteiger partial charge in [0.2, 0.25) is 0 Å². The highest BCUT2D eigenvalue weighted by Gasteiger charge is 2.25. The third-order valence-corrected chi connectivity index (χ3v) is 3.43. The summed E-state index contributed by atoms with van der Waals surface area (Å²) in [6.07, 6.45) is 3.48. The fraction of sp³-hybridized carbons (Fsp3) is 0.538. The van der Waals surface area contributed by atoms with E-state index in [0.29, 0.717) is 5.69 Å². The Morgan fingerprint density at radius 3 is 2.74 bits per heavy atom. The highest BCUT2D eigenvalue weighted by molar-refractivity contribution is 5.65. The largest absolute Gasteiger partial charge is 0.494 e. The van der Waals surface area contributed by atoms with Crippen LogP contribution in [0.5, 0.6) is 5.75 Å². The standard InChI is InChI=1S/C13H17FN2O3/c1-15(6-5-9-3-4-9)11-8-13(19-2)10(14)7-12(11)16(17)18/h7-9H,3-6H2,1-2H3. The molecule has 1 aromatic carbocycles. The number of hydrogen-bond donors (Lipinski definition) is 0. The fourth-order valence-electron chi connectivity index (χ4n) is 2.04. The smallest absolute Gasteiger partial charge is 0.295 e. The molecule has 0 saturated heterocycles. The van der Waals surface area contributed by atoms with Gasteiger partial charge in [0.05, 0.1) is 18.1 Å². The fourth-order valence-corrected chi connectivity index (χ4v) is 2.04. The highest BCUT2D eigenvalue weighted by Crippen LogP contribution is 2.36. The van der Waals surface area contributed by atoms with Crippen LogP contribution in [-0.2, 0) is 0 Å². The summed E-state index contributed by atoms with van der Waals surface area (Å²) in [4.78, 5) is 12.2. The van der Waals surface area contributed by atoms with Crippen molar-refractivity contribution < 1.29 is 14.1 Å². The molecule has 0 atom stereocenters. The van der Waals surface area contributed by atoms with Crippen LogP contribution in [0.15, 0.2) is 12.1 Å². The van der Waals surface area contributed by atoms with E-state index in [4.69, 9.17) is 4.74 Å². The molecule has 104 valence electrons. The molecule has 5 nitrogen and oxygen atoms in total. The van der Waals surface area contributed by atoms with Crippen molar-refractivity contribution in [3.63, 3.8) is 0 Å². The van der Waals surface area contributed by atoms with Crippen molar-refractivity contribution in [2.24, 2.45) is 5.92 Å². The zero-order valence-electron chi connectivity index (χ0n) is 11.1. The average Bonchev–Trinajstić information content (AvgIpc) is 3.19. The molecule has 19 heavy (non-hydrogen) atoms. The lowest BCUT2D eigenvalue weighted by atomic mass is 10.2. The summed E-state index contributed by atoms with van der Waals surface area (Å²) in [6, 6.07) is 2.31. The van der Waals surface area contributed by atoms with Crippen molar-refractivity contribution in [1.82, 2.24) is 0 Å². The van der Waals surface area contributed by atoms with Gasteiger partial charge in [-0.1, -0.05) is 12.8 Å². The van der Waals surface area contributed by atoms with Crippen molar-refractivity contribution in [3.05, 3.63) is 28.1 Å². The molecule has 0 aliphatic heterocycles. The second-order valence-electron chi connectivity index (χ2n) is 4.89. The SMILES string of the molecule is COc1cc(N(C)CCC2CC2)c([N+](=O)[O-])cc1F. The van der Waals surface area contributed by atoms with Gasteiger partial charge in [-0.3, -0.25) is 10.1 Å². The maximum atomic E-state index is 13.5. The maximum absolute atomic E-state index is 13.5. The van der Waals surface area contributed by atoms with E-state index in [0.717, 1.165) is 24.9 Å². The predicted octanol–water partition coefficient (Wildman–Crippen LogP) is 2.98. The summed E-state index contributed by atoms with van der Waals surface area (Å²) >= 11 is 0. The van der Waals surface area contributed by atoms with Crippen molar-refractivity contribution >= 4 is 11.4 Å². The Bertz CT molecular complexity index is 489. The molecule has 0 heterocycles. The number of nitro benzene ring substituents is 1. The molecule has 1 aromatic rings. The molecule has 1 aliphatic carbocycles. The number of hydrogen-bond acceptors (Lipinski definition) is 4. The van der Waals surface area contributed by atoms with Gasteiger partial charge in [-0.2, -0.15) is 0 Å². The number of methoxy groups -OCH3 is 1. The summed E-state index contributed by atoms with van der Waals surface area (Å²) in [5.74, 6) is 0.0521. The number of anilines is 1. The minimum atomic E-state index is -0.714. The average molecular weight is 268 g/mol. The number of halogens is 1. The third kappa shape index (κ3) is 3.13. The van der Waals surface area contributed by atoms with E-state index in [9.17, 15) is 14.5 Å². The van der Waals surface area contributed by atoms with Gasteiger partial charge >= 0.3 is 0 Å². The van der Waals surface area contributed by atoms with E-state index >= 15 is 0 Å². The van der Waals surface area contributed by atoms with Crippen molar-refractivity contribution in [2.75, 3.05) is 25.6 Å². The lowest BCUT2D eigenvalue weighted by Crippen LogP contribution is -2.20. The Balaban J connectivity index is 2.26. The van der Waals surface area contributed by atoms with Crippen molar-refractivity contribution in [3.8, 4) is 5.75 Å². The first-order valence-corrected chi connectivity index (χ1v) is 6.26. The van der Waals surface area contributed by atoms with Gasteiger partial charge in [-0.25, -0.2) is 4.39 Å². The van der Waals surface area contributed by atoms with Crippen LogP contribution in [0.2, 0.25) is 0 Å². The second kappa shape index (κ2) is 5.42. The molecule has 1 saturated carbocycles. The van der Waals surface area contributed by atoms with Gasteiger partial charge in [0.1, 0.15) is 5.69 Å². The van der Waals surface area contributed by atoms with Gasteiger partial charge in [0.25, 0.3) is 5.69 Å². The molecule has 0 bridgehead atoms. The first-order chi connectivity index (χ1) is 9.02. The second-order valence-corrected chi connectivity index (χ2v) is 4.89. The van der Waals surface area contributed by atoms with Gasteiger partial charge < -0.3 is 9.64 Å². The summed E-state index contributed by atoms with van der Waals surface area (Å²) in [5, 5.41) is 11.0. The Labute approximate surface area is 111 Å². The minimum Gasteiger partial charge on any atom is -0.494 e. The van der Waals surface area contributed by atoms with Gasteiger partial charge in [-0.05, 0) is 12.3 Å². The summed E-state index contributed by atoms with van der Waals surface area (Å²) in [6.45, 7) is 0.723. The molecule has 1 fully saturated rings. The van der Waals surface area contributed by atoms with E-state index < -0.39 is 10.7 Å². The monoisotopic (exact) mass is 268 g/mol. The summed E-state index contributed by atoms with van der Waals surface area (Å²) in [5.41, 5.74) is 0.167. The Kier molecular flexibility index (Phi) is 3.87. The van der Waals surface area contributed by atoms with Crippen LogP contribution in [0.4, 0.5) is 15.8 Å². The van der Waals surface area contributed by atoms with Crippen LogP contribution in [0.3, 0.4) is 0 Å². The zero-order chi connectivity index (χ0) is 14.0. The lowest BCUT2D eigenvalue weighted by Gasteiger charge is -2.19. The van der Waals surface area contributed by atoms with Crippen LogP contribution < -0.4 is 9.64 Å². The Morgan fingerprint density at radius 2 is 2.21 bits per heavy atom. The van der Waals surface area contributed by atoms with E-state index in [1.165, 1.54) is 26.0 Å². The topological polar surface area (TPSA) is 55.6 Å².